The van der Waals surface area contributed by atoms with Gasteiger partial charge in [-0.15, -0.1) is 0 Å². The monoisotopic (exact) mass is 277 g/mol. The Hall–Kier alpha value is -1.92. The lowest BCUT2D eigenvalue weighted by atomic mass is 10.1. The molecule has 1 aromatic carbocycles. The molecule has 0 aliphatic carbocycles. The van der Waals surface area contributed by atoms with E-state index in [1.807, 2.05) is 31.2 Å². The van der Waals surface area contributed by atoms with Crippen molar-refractivity contribution in [1.29, 1.82) is 0 Å². The Morgan fingerprint density at radius 1 is 1.45 bits per heavy atom. The molecule has 1 unspecified atom stereocenters. The number of hydrogen-bond donors (Lipinski definition) is 3. The normalized spacial score (nSPS) is 18.4. The van der Waals surface area contributed by atoms with Gasteiger partial charge in [-0.1, -0.05) is 18.2 Å². The zero-order chi connectivity index (χ0) is 14.4. The summed E-state index contributed by atoms with van der Waals surface area (Å²) >= 11 is 0. The van der Waals surface area contributed by atoms with Gasteiger partial charge in [0, 0.05) is 24.4 Å². The molecule has 1 heterocycles. The second-order valence-corrected chi connectivity index (χ2v) is 4.52. The van der Waals surface area contributed by atoms with Crippen molar-refractivity contribution >= 4 is 17.5 Å². The van der Waals surface area contributed by atoms with Gasteiger partial charge in [0.15, 0.2) is 0 Å². The molecule has 1 aliphatic rings. The van der Waals surface area contributed by atoms with Gasteiger partial charge in [-0.25, -0.2) is 0 Å². The number of piperazine rings is 1. The van der Waals surface area contributed by atoms with E-state index in [1.165, 1.54) is 0 Å². The third kappa shape index (κ3) is 3.79. The Morgan fingerprint density at radius 3 is 2.95 bits per heavy atom. The van der Waals surface area contributed by atoms with Crippen LogP contribution < -0.4 is 16.0 Å². The van der Waals surface area contributed by atoms with Crippen LogP contribution in [-0.4, -0.2) is 37.6 Å². The molecule has 0 radical (unpaired) electrons. The Labute approximate surface area is 117 Å². The number of carbonyl (C=O) groups excluding carboxylic acids is 2. The highest BCUT2D eigenvalue weighted by atomic mass is 16.5. The molecule has 108 valence electrons. The maximum atomic E-state index is 12.1. The molecule has 6 heteroatoms. The smallest absolute Gasteiger partial charge is 0.243 e. The standard InChI is InChI=1S/C14H19N3O3/c1-2-20-9-10-5-3-4-6-11(10)17-14(19)12-7-16-13(18)8-15-12/h3-6,12,15H,2,7-9H2,1H3,(H,16,18)(H,17,19). The van der Waals surface area contributed by atoms with E-state index in [-0.39, 0.29) is 18.4 Å². The lowest BCUT2D eigenvalue weighted by molar-refractivity contribution is -0.124. The van der Waals surface area contributed by atoms with Crippen molar-refractivity contribution in [3.63, 3.8) is 0 Å². The summed E-state index contributed by atoms with van der Waals surface area (Å²) in [5, 5.41) is 8.43. The van der Waals surface area contributed by atoms with Crippen molar-refractivity contribution in [2.45, 2.75) is 19.6 Å². The van der Waals surface area contributed by atoms with Crippen LogP contribution in [0, 0.1) is 0 Å². The Balaban J connectivity index is 1.98. The van der Waals surface area contributed by atoms with E-state index in [0.29, 0.717) is 19.8 Å². The average molecular weight is 277 g/mol. The second kappa shape index (κ2) is 7.02. The number of rotatable bonds is 5. The number of hydrogen-bond acceptors (Lipinski definition) is 4. The van der Waals surface area contributed by atoms with Crippen LogP contribution in [0.25, 0.3) is 0 Å². The second-order valence-electron chi connectivity index (χ2n) is 4.52. The van der Waals surface area contributed by atoms with Crippen LogP contribution in [0.4, 0.5) is 5.69 Å². The minimum Gasteiger partial charge on any atom is -0.377 e. The predicted molar refractivity (Wildman–Crippen MR) is 75.2 cm³/mol. The van der Waals surface area contributed by atoms with Gasteiger partial charge in [-0.2, -0.15) is 0 Å². The lowest BCUT2D eigenvalue weighted by Crippen LogP contribution is -2.56. The number of para-hydroxylation sites is 1. The molecule has 1 fully saturated rings. The first-order valence-electron chi connectivity index (χ1n) is 6.67. The fraction of sp³-hybridized carbons (Fsp3) is 0.429. The van der Waals surface area contributed by atoms with Gasteiger partial charge in [0.1, 0.15) is 6.04 Å². The van der Waals surface area contributed by atoms with E-state index in [0.717, 1.165) is 11.3 Å². The summed E-state index contributed by atoms with van der Waals surface area (Å²) in [7, 11) is 0. The van der Waals surface area contributed by atoms with E-state index in [1.54, 1.807) is 0 Å². The van der Waals surface area contributed by atoms with Gasteiger partial charge in [-0.05, 0) is 13.0 Å². The number of amides is 2. The summed E-state index contributed by atoms with van der Waals surface area (Å²) in [6.07, 6.45) is 0. The first-order valence-corrected chi connectivity index (χ1v) is 6.67. The predicted octanol–water partition coefficient (Wildman–Crippen LogP) is 0.250. The molecule has 1 aliphatic heterocycles. The minimum atomic E-state index is -0.409. The molecule has 0 spiro atoms. The first kappa shape index (κ1) is 14.5. The molecule has 2 rings (SSSR count). The fourth-order valence-electron chi connectivity index (χ4n) is 1.95. The van der Waals surface area contributed by atoms with Gasteiger partial charge in [0.2, 0.25) is 11.8 Å². The molecule has 2 amide bonds. The zero-order valence-electron chi connectivity index (χ0n) is 11.4. The summed E-state index contributed by atoms with van der Waals surface area (Å²) in [5.74, 6) is -0.250. The summed E-state index contributed by atoms with van der Waals surface area (Å²) in [5.41, 5.74) is 1.67. The first-order chi connectivity index (χ1) is 9.70. The summed E-state index contributed by atoms with van der Waals surface area (Å²) in [6.45, 7) is 3.48. The number of nitrogens with one attached hydrogen (secondary N) is 3. The molecular weight excluding hydrogens is 258 g/mol. The van der Waals surface area contributed by atoms with E-state index in [4.69, 9.17) is 4.74 Å². The van der Waals surface area contributed by atoms with Crippen molar-refractivity contribution in [2.75, 3.05) is 25.0 Å². The Bertz CT molecular complexity index is 480. The average Bonchev–Trinajstić information content (AvgIpc) is 2.47. The maximum absolute atomic E-state index is 12.1. The summed E-state index contributed by atoms with van der Waals surface area (Å²) in [4.78, 5) is 23.2. The van der Waals surface area contributed by atoms with Crippen LogP contribution in [0.15, 0.2) is 24.3 Å². The molecule has 0 aromatic heterocycles. The fourth-order valence-corrected chi connectivity index (χ4v) is 1.95. The highest BCUT2D eigenvalue weighted by Gasteiger charge is 2.24. The molecular formula is C14H19N3O3. The molecule has 1 aromatic rings. The van der Waals surface area contributed by atoms with Crippen molar-refractivity contribution in [3.8, 4) is 0 Å². The van der Waals surface area contributed by atoms with Gasteiger partial charge in [0.25, 0.3) is 0 Å². The molecule has 0 bridgehead atoms. The zero-order valence-corrected chi connectivity index (χ0v) is 11.4. The molecule has 1 saturated heterocycles. The largest absolute Gasteiger partial charge is 0.377 e. The van der Waals surface area contributed by atoms with Gasteiger partial charge < -0.3 is 15.4 Å². The minimum absolute atomic E-state index is 0.0919. The summed E-state index contributed by atoms with van der Waals surface area (Å²) < 4.78 is 5.38. The third-order valence-electron chi connectivity index (χ3n) is 3.07. The van der Waals surface area contributed by atoms with E-state index in [9.17, 15) is 9.59 Å². The van der Waals surface area contributed by atoms with Crippen molar-refractivity contribution in [1.82, 2.24) is 10.6 Å². The molecule has 1 atom stereocenters. The summed E-state index contributed by atoms with van der Waals surface area (Å²) in [6, 6.07) is 7.12. The lowest BCUT2D eigenvalue weighted by Gasteiger charge is -2.23. The van der Waals surface area contributed by atoms with Crippen LogP contribution in [0.2, 0.25) is 0 Å². The maximum Gasteiger partial charge on any atom is 0.243 e. The number of ether oxygens (including phenoxy) is 1. The Kier molecular flexibility index (Phi) is 5.09. The number of carbonyl (C=O) groups is 2. The number of benzene rings is 1. The Morgan fingerprint density at radius 2 is 2.25 bits per heavy atom. The SMILES string of the molecule is CCOCc1ccccc1NC(=O)C1CNC(=O)CN1. The van der Waals surface area contributed by atoms with Crippen molar-refractivity contribution < 1.29 is 14.3 Å². The van der Waals surface area contributed by atoms with Crippen LogP contribution in [0.1, 0.15) is 12.5 Å². The highest BCUT2D eigenvalue weighted by molar-refractivity contribution is 5.97. The van der Waals surface area contributed by atoms with Crippen molar-refractivity contribution in [2.24, 2.45) is 0 Å². The van der Waals surface area contributed by atoms with Crippen LogP contribution in [-0.2, 0) is 20.9 Å². The molecule has 6 nitrogen and oxygen atoms in total. The van der Waals surface area contributed by atoms with Crippen LogP contribution in [0.3, 0.4) is 0 Å². The van der Waals surface area contributed by atoms with E-state index >= 15 is 0 Å². The van der Waals surface area contributed by atoms with Gasteiger partial charge >= 0.3 is 0 Å². The van der Waals surface area contributed by atoms with Gasteiger partial charge in [0.05, 0.1) is 13.2 Å². The van der Waals surface area contributed by atoms with Crippen molar-refractivity contribution in [3.05, 3.63) is 29.8 Å². The molecule has 0 saturated carbocycles. The topological polar surface area (TPSA) is 79.5 Å². The highest BCUT2D eigenvalue weighted by Crippen LogP contribution is 2.16. The number of anilines is 1. The quantitative estimate of drug-likeness (QED) is 0.721. The van der Waals surface area contributed by atoms with Gasteiger partial charge in [-0.3, -0.25) is 14.9 Å². The van der Waals surface area contributed by atoms with E-state index in [2.05, 4.69) is 16.0 Å². The van der Waals surface area contributed by atoms with Crippen LogP contribution >= 0.6 is 0 Å². The van der Waals surface area contributed by atoms with E-state index < -0.39 is 6.04 Å². The van der Waals surface area contributed by atoms with Crippen LogP contribution in [0.5, 0.6) is 0 Å². The third-order valence-corrected chi connectivity index (χ3v) is 3.07. The molecule has 20 heavy (non-hydrogen) atoms. The molecule has 3 N–H and O–H groups in total.